The van der Waals surface area contributed by atoms with Gasteiger partial charge in [0.05, 0.1) is 12.1 Å². The maximum Gasteiger partial charge on any atom is 0.302 e. The summed E-state index contributed by atoms with van der Waals surface area (Å²) < 4.78 is 5.15. The Morgan fingerprint density at radius 3 is 2.42 bits per heavy atom. The third kappa shape index (κ3) is 5.18. The topological polar surface area (TPSA) is 58.6 Å². The van der Waals surface area contributed by atoms with Crippen LogP contribution in [-0.2, 0) is 9.53 Å². The highest BCUT2D eigenvalue weighted by Crippen LogP contribution is 2.21. The van der Waals surface area contributed by atoms with Gasteiger partial charge in [0.1, 0.15) is 6.61 Å². The number of esters is 1. The van der Waals surface area contributed by atoms with Crippen LogP contribution in [0.15, 0.2) is 54.6 Å². The quantitative estimate of drug-likeness (QED) is 0.766. The highest BCUT2D eigenvalue weighted by atomic mass is 16.5. The molecule has 0 spiro atoms. The van der Waals surface area contributed by atoms with E-state index in [1.54, 1.807) is 0 Å². The molecular formula is C20H25NO3. The van der Waals surface area contributed by atoms with E-state index < -0.39 is 12.1 Å². The van der Waals surface area contributed by atoms with E-state index in [1.807, 2.05) is 68.4 Å². The predicted molar refractivity (Wildman–Crippen MR) is 94.6 cm³/mol. The lowest BCUT2D eigenvalue weighted by atomic mass is 9.99. The van der Waals surface area contributed by atoms with Gasteiger partial charge in [0.2, 0.25) is 0 Å². The summed E-state index contributed by atoms with van der Waals surface area (Å²) in [5.41, 5.74) is 3.00. The van der Waals surface area contributed by atoms with Gasteiger partial charge in [-0.25, -0.2) is 0 Å². The number of hydrogen-bond donors (Lipinski definition) is 2. The first-order valence-corrected chi connectivity index (χ1v) is 8.16. The summed E-state index contributed by atoms with van der Waals surface area (Å²) in [6.45, 7) is 5.49. The lowest BCUT2D eigenvalue weighted by molar-refractivity contribution is -0.142. The highest BCUT2D eigenvalue weighted by molar-refractivity contribution is 5.65. The van der Waals surface area contributed by atoms with Crippen LogP contribution in [0.3, 0.4) is 0 Å². The van der Waals surface area contributed by atoms with E-state index in [4.69, 9.17) is 4.74 Å². The van der Waals surface area contributed by atoms with E-state index >= 15 is 0 Å². The predicted octanol–water partition coefficient (Wildman–Crippen LogP) is 3.31. The van der Waals surface area contributed by atoms with Gasteiger partial charge in [-0.15, -0.1) is 0 Å². The second-order valence-electron chi connectivity index (χ2n) is 6.07. The van der Waals surface area contributed by atoms with Gasteiger partial charge < -0.3 is 15.2 Å². The van der Waals surface area contributed by atoms with Gasteiger partial charge >= 0.3 is 5.97 Å². The van der Waals surface area contributed by atoms with Crippen LogP contribution in [0.25, 0.3) is 0 Å². The van der Waals surface area contributed by atoms with Gasteiger partial charge in [-0.2, -0.15) is 0 Å². The Morgan fingerprint density at radius 2 is 1.79 bits per heavy atom. The van der Waals surface area contributed by atoms with Gasteiger partial charge in [0.25, 0.3) is 0 Å². The van der Waals surface area contributed by atoms with Crippen molar-refractivity contribution < 1.29 is 14.6 Å². The van der Waals surface area contributed by atoms with Crippen LogP contribution in [0, 0.1) is 6.92 Å². The Hall–Kier alpha value is -2.17. The summed E-state index contributed by atoms with van der Waals surface area (Å²) in [5.74, 6) is -0.356. The van der Waals surface area contributed by atoms with E-state index in [-0.39, 0.29) is 18.6 Å². The van der Waals surface area contributed by atoms with Crippen molar-refractivity contribution in [1.82, 2.24) is 5.32 Å². The molecule has 2 N–H and O–H groups in total. The molecule has 4 nitrogen and oxygen atoms in total. The van der Waals surface area contributed by atoms with Gasteiger partial charge in [-0.3, -0.25) is 4.79 Å². The molecule has 2 aromatic carbocycles. The number of aliphatic hydroxyl groups is 1. The number of benzene rings is 2. The highest BCUT2D eigenvalue weighted by Gasteiger charge is 2.24. The van der Waals surface area contributed by atoms with Crippen LogP contribution in [0.1, 0.15) is 42.7 Å². The van der Waals surface area contributed by atoms with Crippen molar-refractivity contribution in [3.05, 3.63) is 71.3 Å². The van der Waals surface area contributed by atoms with Crippen molar-refractivity contribution in [1.29, 1.82) is 0 Å². The molecule has 2 rings (SSSR count). The molecule has 24 heavy (non-hydrogen) atoms. The van der Waals surface area contributed by atoms with Gasteiger partial charge in [-0.1, -0.05) is 60.2 Å². The van der Waals surface area contributed by atoms with Crippen LogP contribution >= 0.6 is 0 Å². The Labute approximate surface area is 143 Å². The summed E-state index contributed by atoms with van der Waals surface area (Å²) >= 11 is 0. The fourth-order valence-corrected chi connectivity index (χ4v) is 2.68. The maximum atomic E-state index is 11.2. The third-order valence-electron chi connectivity index (χ3n) is 3.99. The van der Waals surface area contributed by atoms with Crippen LogP contribution in [0.2, 0.25) is 0 Å². The van der Waals surface area contributed by atoms with E-state index in [0.29, 0.717) is 0 Å². The molecule has 4 heteroatoms. The Morgan fingerprint density at radius 1 is 1.12 bits per heavy atom. The fourth-order valence-electron chi connectivity index (χ4n) is 2.68. The molecule has 0 aromatic heterocycles. The van der Waals surface area contributed by atoms with E-state index in [0.717, 1.165) is 16.7 Å². The van der Waals surface area contributed by atoms with Crippen LogP contribution < -0.4 is 5.32 Å². The summed E-state index contributed by atoms with van der Waals surface area (Å²) in [7, 11) is 0. The minimum Gasteiger partial charge on any atom is -0.464 e. The van der Waals surface area contributed by atoms with Crippen molar-refractivity contribution in [3.63, 3.8) is 0 Å². The first-order chi connectivity index (χ1) is 11.5. The molecular weight excluding hydrogens is 302 g/mol. The molecule has 0 saturated heterocycles. The average Bonchev–Trinajstić information content (AvgIpc) is 2.58. The zero-order valence-electron chi connectivity index (χ0n) is 14.4. The number of nitrogens with one attached hydrogen (secondary N) is 1. The zero-order valence-corrected chi connectivity index (χ0v) is 14.4. The summed E-state index contributed by atoms with van der Waals surface area (Å²) in [6, 6.07) is 17.3. The maximum absolute atomic E-state index is 11.2. The second kappa shape index (κ2) is 8.62. The van der Waals surface area contributed by atoms with Crippen molar-refractivity contribution in [2.45, 2.75) is 39.0 Å². The molecule has 0 aliphatic carbocycles. The molecule has 2 aromatic rings. The molecule has 128 valence electrons. The number of hydrogen-bond acceptors (Lipinski definition) is 4. The number of rotatable bonds is 7. The molecule has 0 aliphatic rings. The molecule has 0 heterocycles. The lowest BCUT2D eigenvalue weighted by Crippen LogP contribution is -2.40. The Kier molecular flexibility index (Phi) is 6.53. The average molecular weight is 327 g/mol. The van der Waals surface area contributed by atoms with Crippen LogP contribution in [0.4, 0.5) is 0 Å². The molecule has 0 amide bonds. The minimum absolute atomic E-state index is 0.0196. The van der Waals surface area contributed by atoms with Gasteiger partial charge in [0.15, 0.2) is 0 Å². The minimum atomic E-state index is -0.768. The number of aliphatic hydroxyl groups excluding tert-OH is 1. The first kappa shape index (κ1) is 18.2. The molecule has 0 bridgehead atoms. The molecule has 0 fully saturated rings. The number of carbonyl (C=O) groups excluding carboxylic acids is 1. The fraction of sp³-hybridized carbons (Fsp3) is 0.350. The molecule has 0 saturated carbocycles. The Balaban J connectivity index is 2.15. The van der Waals surface area contributed by atoms with E-state index in [9.17, 15) is 9.90 Å². The molecule has 0 radical (unpaired) electrons. The van der Waals surface area contributed by atoms with Crippen molar-refractivity contribution >= 4 is 5.97 Å². The van der Waals surface area contributed by atoms with Crippen LogP contribution in [-0.4, -0.2) is 23.7 Å². The van der Waals surface area contributed by atoms with E-state index in [1.165, 1.54) is 6.92 Å². The summed E-state index contributed by atoms with van der Waals surface area (Å²) in [5, 5.41) is 14.1. The monoisotopic (exact) mass is 327 g/mol. The summed E-state index contributed by atoms with van der Waals surface area (Å²) in [6.07, 6.45) is -0.768. The summed E-state index contributed by atoms with van der Waals surface area (Å²) in [4.78, 5) is 11.2. The van der Waals surface area contributed by atoms with Crippen molar-refractivity contribution in [2.24, 2.45) is 0 Å². The smallest absolute Gasteiger partial charge is 0.302 e. The normalized spacial score (nSPS) is 14.7. The third-order valence-corrected chi connectivity index (χ3v) is 3.99. The van der Waals surface area contributed by atoms with Crippen molar-refractivity contribution in [2.75, 3.05) is 6.61 Å². The van der Waals surface area contributed by atoms with Gasteiger partial charge in [-0.05, 0) is 25.0 Å². The SMILES string of the molecule is CC(=O)OC[C@@H](N[C@@H](C)c1ccccc1)[C@H](O)c1cccc(C)c1. The second-order valence-corrected chi connectivity index (χ2v) is 6.07. The Bertz CT molecular complexity index is 657. The molecule has 3 atom stereocenters. The standard InChI is InChI=1S/C20H25NO3/c1-14-8-7-11-18(12-14)20(23)19(13-24-16(3)22)21-15(2)17-9-5-4-6-10-17/h4-12,15,19-21,23H,13H2,1-3H3/t15-,19+,20+/m0/s1. The zero-order chi connectivity index (χ0) is 17.5. The number of carbonyl (C=O) groups is 1. The van der Waals surface area contributed by atoms with Crippen molar-refractivity contribution in [3.8, 4) is 0 Å². The van der Waals surface area contributed by atoms with E-state index in [2.05, 4.69) is 5.32 Å². The van der Waals surface area contributed by atoms with Crippen LogP contribution in [0.5, 0.6) is 0 Å². The largest absolute Gasteiger partial charge is 0.464 e. The number of ether oxygens (including phenoxy) is 1. The number of aryl methyl sites for hydroxylation is 1. The lowest BCUT2D eigenvalue weighted by Gasteiger charge is -2.28. The molecule has 0 aliphatic heterocycles. The molecule has 0 unspecified atom stereocenters. The van der Waals surface area contributed by atoms with Gasteiger partial charge in [0, 0.05) is 13.0 Å². The first-order valence-electron chi connectivity index (χ1n) is 8.16.